The van der Waals surface area contributed by atoms with Gasteiger partial charge in [0, 0.05) is 18.3 Å². The van der Waals surface area contributed by atoms with Crippen LogP contribution in [0.4, 0.5) is 11.4 Å². The van der Waals surface area contributed by atoms with Gasteiger partial charge in [-0.25, -0.2) is 18.4 Å². The van der Waals surface area contributed by atoms with Gasteiger partial charge in [-0.15, -0.1) is 0 Å². The van der Waals surface area contributed by atoms with Crippen molar-refractivity contribution < 1.29 is 17.9 Å². The zero-order chi connectivity index (χ0) is 20.3. The molecule has 1 aromatic carbocycles. The van der Waals surface area contributed by atoms with E-state index in [1.54, 1.807) is 19.1 Å². The summed E-state index contributed by atoms with van der Waals surface area (Å²) in [4.78, 5) is 7.89. The van der Waals surface area contributed by atoms with Crippen LogP contribution in [0.1, 0.15) is 6.92 Å². The van der Waals surface area contributed by atoms with Crippen molar-refractivity contribution in [3.05, 3.63) is 53.9 Å². The van der Waals surface area contributed by atoms with Gasteiger partial charge in [0.25, 0.3) is 0 Å². The number of hydrogen-bond donors (Lipinski definition) is 2. The van der Waals surface area contributed by atoms with E-state index in [0.29, 0.717) is 17.2 Å². The molecule has 2 heterocycles. The average molecular weight is 421 g/mol. The Bertz CT molecular complexity index is 1110. The van der Waals surface area contributed by atoms with Crippen LogP contribution in [0.25, 0.3) is 0 Å². The molecular weight excluding hydrogens is 404 g/mol. The normalized spacial score (nSPS) is 11.2. The number of aromatic nitrogens is 2. The molecule has 0 unspecified atom stereocenters. The van der Waals surface area contributed by atoms with Gasteiger partial charge in [0.1, 0.15) is 5.75 Å². The van der Waals surface area contributed by atoms with Crippen molar-refractivity contribution in [1.29, 1.82) is 0 Å². The molecule has 0 spiro atoms. The maximum absolute atomic E-state index is 11.9. The van der Waals surface area contributed by atoms with Crippen LogP contribution in [-0.4, -0.2) is 24.1 Å². The van der Waals surface area contributed by atoms with Gasteiger partial charge in [-0.05, 0) is 24.3 Å². The van der Waals surface area contributed by atoms with Crippen LogP contribution in [0.15, 0.2) is 53.8 Å². The second-order valence-electron chi connectivity index (χ2n) is 5.66. The summed E-state index contributed by atoms with van der Waals surface area (Å²) >= 11 is 6.03. The fraction of sp³-hybridized carbons (Fsp3) is 0.111. The van der Waals surface area contributed by atoms with Gasteiger partial charge >= 0.3 is 0 Å². The van der Waals surface area contributed by atoms with E-state index < -0.39 is 9.84 Å². The molecule has 4 N–H and O–H groups in total. The highest BCUT2D eigenvalue weighted by Gasteiger charge is 2.16. The van der Waals surface area contributed by atoms with E-state index >= 15 is 0 Å². The summed E-state index contributed by atoms with van der Waals surface area (Å²) in [7, 11) is -3.40. The molecule has 0 bridgehead atoms. The zero-order valence-corrected chi connectivity index (χ0v) is 16.4. The Balaban J connectivity index is 1.93. The molecule has 0 aliphatic rings. The quantitative estimate of drug-likeness (QED) is 0.456. The van der Waals surface area contributed by atoms with Crippen LogP contribution in [0, 0.1) is 0 Å². The summed E-state index contributed by atoms with van der Waals surface area (Å²) in [5.74, 6) is 1.06. The summed E-state index contributed by atoms with van der Waals surface area (Å²) in [6.07, 6.45) is 2.83. The number of nitrogen functional groups attached to an aromatic ring is 2. The molecule has 28 heavy (non-hydrogen) atoms. The largest absolute Gasteiger partial charge is 0.452 e. The summed E-state index contributed by atoms with van der Waals surface area (Å²) in [6.45, 7) is 1.55. The fourth-order valence-electron chi connectivity index (χ4n) is 2.20. The summed E-state index contributed by atoms with van der Waals surface area (Å²) in [6, 6.07) is 9.15. The molecule has 0 aliphatic carbocycles. The zero-order valence-electron chi connectivity index (χ0n) is 14.8. The van der Waals surface area contributed by atoms with E-state index in [1.807, 2.05) is 0 Å². The highest BCUT2D eigenvalue weighted by molar-refractivity contribution is 7.91. The average Bonchev–Trinajstić information content (AvgIpc) is 2.68. The van der Waals surface area contributed by atoms with Crippen molar-refractivity contribution >= 4 is 32.8 Å². The van der Waals surface area contributed by atoms with E-state index in [4.69, 9.17) is 32.5 Å². The lowest BCUT2D eigenvalue weighted by atomic mass is 10.2. The third-order valence-electron chi connectivity index (χ3n) is 3.73. The van der Waals surface area contributed by atoms with Crippen LogP contribution in [0.3, 0.4) is 0 Å². The van der Waals surface area contributed by atoms with E-state index in [9.17, 15) is 8.42 Å². The first kappa shape index (κ1) is 19.7. The standard InChI is InChI=1S/C18H17ClN4O4S/c1-2-28(24,25)17-6-5-11(10-23-17)26-15-8-12(20)13(21)9-16(15)27-14-4-3-7-22-18(14)19/h3-10H,2,20-21H2,1H3. The van der Waals surface area contributed by atoms with Crippen molar-refractivity contribution in [2.75, 3.05) is 17.2 Å². The summed E-state index contributed by atoms with van der Waals surface area (Å²) in [5, 5.41) is 0.137. The Morgan fingerprint density at radius 3 is 2.25 bits per heavy atom. The van der Waals surface area contributed by atoms with Crippen molar-refractivity contribution in [2.24, 2.45) is 0 Å². The van der Waals surface area contributed by atoms with E-state index in [2.05, 4.69) is 9.97 Å². The maximum atomic E-state index is 11.9. The highest BCUT2D eigenvalue weighted by atomic mass is 35.5. The van der Waals surface area contributed by atoms with E-state index in [-0.39, 0.29) is 33.1 Å². The number of rotatable bonds is 6. The Morgan fingerprint density at radius 1 is 1.00 bits per heavy atom. The van der Waals surface area contributed by atoms with Crippen LogP contribution in [0.2, 0.25) is 5.15 Å². The third-order valence-corrected chi connectivity index (χ3v) is 5.65. The van der Waals surface area contributed by atoms with Crippen LogP contribution >= 0.6 is 11.6 Å². The second kappa shape index (κ2) is 7.91. The minimum Gasteiger partial charge on any atom is -0.452 e. The Morgan fingerprint density at radius 2 is 1.68 bits per heavy atom. The molecule has 0 saturated heterocycles. The monoisotopic (exact) mass is 420 g/mol. The first-order valence-electron chi connectivity index (χ1n) is 8.14. The molecule has 2 aromatic heterocycles. The first-order chi connectivity index (χ1) is 13.3. The lowest BCUT2D eigenvalue weighted by Crippen LogP contribution is -2.05. The van der Waals surface area contributed by atoms with Gasteiger partial charge in [0.05, 0.1) is 23.3 Å². The number of nitrogens with zero attached hydrogens (tertiary/aromatic N) is 2. The number of nitrogens with two attached hydrogens (primary N) is 2. The first-order valence-corrected chi connectivity index (χ1v) is 10.2. The topological polar surface area (TPSA) is 130 Å². The molecule has 0 fully saturated rings. The molecule has 3 aromatic rings. The maximum Gasteiger partial charge on any atom is 0.195 e. The molecule has 146 valence electrons. The minimum atomic E-state index is -3.40. The highest BCUT2D eigenvalue weighted by Crippen LogP contribution is 2.40. The number of benzene rings is 1. The molecular formula is C18H17ClN4O4S. The molecule has 3 rings (SSSR count). The number of pyridine rings is 2. The Kier molecular flexibility index (Phi) is 5.57. The number of halogens is 1. The van der Waals surface area contributed by atoms with Crippen molar-refractivity contribution in [3.63, 3.8) is 0 Å². The van der Waals surface area contributed by atoms with E-state index in [1.165, 1.54) is 36.7 Å². The molecule has 0 amide bonds. The van der Waals surface area contributed by atoms with Gasteiger partial charge in [-0.2, -0.15) is 0 Å². The van der Waals surface area contributed by atoms with Crippen LogP contribution in [0.5, 0.6) is 23.0 Å². The van der Waals surface area contributed by atoms with Crippen molar-refractivity contribution in [3.8, 4) is 23.0 Å². The smallest absolute Gasteiger partial charge is 0.195 e. The fourth-order valence-corrected chi connectivity index (χ4v) is 3.15. The van der Waals surface area contributed by atoms with Crippen LogP contribution in [-0.2, 0) is 9.84 Å². The molecule has 0 saturated carbocycles. The second-order valence-corrected chi connectivity index (χ2v) is 8.24. The van der Waals surface area contributed by atoms with Gasteiger partial charge < -0.3 is 20.9 Å². The van der Waals surface area contributed by atoms with Gasteiger partial charge in [0.2, 0.25) is 0 Å². The van der Waals surface area contributed by atoms with E-state index in [0.717, 1.165) is 0 Å². The Labute approximate surface area is 167 Å². The predicted octanol–water partition coefficient (Wildman–Crippen LogP) is 3.67. The molecule has 8 nitrogen and oxygen atoms in total. The number of anilines is 2. The molecule has 0 radical (unpaired) electrons. The van der Waals surface area contributed by atoms with Crippen molar-refractivity contribution in [1.82, 2.24) is 9.97 Å². The van der Waals surface area contributed by atoms with Crippen molar-refractivity contribution in [2.45, 2.75) is 11.9 Å². The summed E-state index contributed by atoms with van der Waals surface area (Å²) < 4.78 is 35.3. The number of ether oxygens (including phenoxy) is 2. The molecule has 0 aliphatic heterocycles. The lowest BCUT2D eigenvalue weighted by Gasteiger charge is -2.14. The summed E-state index contributed by atoms with van der Waals surface area (Å²) in [5.41, 5.74) is 12.3. The van der Waals surface area contributed by atoms with Gasteiger partial charge in [0.15, 0.2) is 37.3 Å². The van der Waals surface area contributed by atoms with Gasteiger partial charge in [-0.1, -0.05) is 18.5 Å². The molecule has 0 atom stereocenters. The van der Waals surface area contributed by atoms with Crippen LogP contribution < -0.4 is 20.9 Å². The van der Waals surface area contributed by atoms with Gasteiger partial charge in [-0.3, -0.25) is 0 Å². The minimum absolute atomic E-state index is 0.0298. The molecule has 10 heteroatoms. The Hall–Kier alpha value is -3.04. The number of hydrogen-bond acceptors (Lipinski definition) is 8. The number of sulfone groups is 1. The third kappa shape index (κ3) is 4.26. The predicted molar refractivity (Wildman–Crippen MR) is 107 cm³/mol. The SMILES string of the molecule is CCS(=O)(=O)c1ccc(Oc2cc(N)c(N)cc2Oc2cccnc2Cl)cn1. The lowest BCUT2D eigenvalue weighted by molar-refractivity contribution is 0.417.